The molecule has 1 aliphatic rings. The summed E-state index contributed by atoms with van der Waals surface area (Å²) < 4.78 is 4.97. The number of thiocarbonyl (C=S) groups is 2. The Bertz CT molecular complexity index is 180. The van der Waals surface area contributed by atoms with Gasteiger partial charge in [0.25, 0.3) is 10.3 Å². The minimum absolute atomic E-state index is 0.0116. The number of nitrogens with two attached hydrogens (primary N) is 2. The highest BCUT2D eigenvalue weighted by Crippen LogP contribution is 2.13. The van der Waals surface area contributed by atoms with Crippen LogP contribution in [0.5, 0.6) is 0 Å². The lowest BCUT2D eigenvalue weighted by molar-refractivity contribution is 0.251. The van der Waals surface area contributed by atoms with Crippen molar-refractivity contribution in [1.82, 2.24) is 5.32 Å². The summed E-state index contributed by atoms with van der Waals surface area (Å²) in [6.45, 7) is 0.970. The van der Waals surface area contributed by atoms with E-state index in [1.807, 2.05) is 0 Å². The molecule has 0 amide bonds. The second-order valence-electron chi connectivity index (χ2n) is 1.93. The number of rotatable bonds is 1. The van der Waals surface area contributed by atoms with Gasteiger partial charge < -0.3 is 21.3 Å². The number of ether oxygens (including phenoxy) is 1. The van der Waals surface area contributed by atoms with E-state index in [0.717, 1.165) is 12.3 Å². The summed E-state index contributed by atoms with van der Waals surface area (Å²) in [5.74, 6) is 1.06. The first kappa shape index (κ1) is 12.7. The van der Waals surface area contributed by atoms with Gasteiger partial charge in [-0.05, 0) is 24.4 Å². The first-order chi connectivity index (χ1) is 6.02. The van der Waals surface area contributed by atoms with E-state index in [9.17, 15) is 0 Å². The zero-order chi connectivity index (χ0) is 10.3. The molecule has 0 bridgehead atoms. The van der Waals surface area contributed by atoms with Crippen LogP contribution in [0.3, 0.4) is 0 Å². The molecule has 0 radical (unpaired) electrons. The fourth-order valence-corrected chi connectivity index (χ4v) is 1.60. The van der Waals surface area contributed by atoms with Gasteiger partial charge in [-0.3, -0.25) is 5.32 Å². The van der Waals surface area contributed by atoms with Crippen LogP contribution in [0.1, 0.15) is 0 Å². The molecule has 6 N–H and O–H groups in total. The van der Waals surface area contributed by atoms with Gasteiger partial charge in [0.2, 0.25) is 5.56 Å². The highest BCUT2D eigenvalue weighted by atomic mass is 32.2. The lowest BCUT2D eigenvalue weighted by atomic mass is 10.8. The molecule has 1 heterocycles. The number of hydrogen-bond donors (Lipinski definition) is 4. The van der Waals surface area contributed by atoms with Crippen molar-refractivity contribution in [2.45, 2.75) is 5.56 Å². The van der Waals surface area contributed by atoms with E-state index in [1.165, 1.54) is 0 Å². The maximum absolute atomic E-state index is 7.56. The Morgan fingerprint density at radius 1 is 1.54 bits per heavy atom. The van der Waals surface area contributed by atoms with Gasteiger partial charge >= 0.3 is 0 Å². The molecular weight excluding hydrogens is 230 g/mol. The number of aliphatic hydroxyl groups excluding tert-OH is 1. The van der Waals surface area contributed by atoms with Crippen molar-refractivity contribution in [1.29, 1.82) is 0 Å². The number of nitrogens with one attached hydrogen (secondary N) is 1. The van der Waals surface area contributed by atoms with Crippen molar-refractivity contribution in [3.63, 3.8) is 0 Å². The molecule has 0 aliphatic carbocycles. The Balaban J connectivity index is 0.000000310. The highest BCUT2D eigenvalue weighted by molar-refractivity contribution is 8.00. The van der Waals surface area contributed by atoms with E-state index in [2.05, 4.69) is 35.5 Å². The molecule has 1 unspecified atom stereocenters. The summed E-state index contributed by atoms with van der Waals surface area (Å²) >= 11 is 10.1. The predicted octanol–water partition coefficient (Wildman–Crippen LogP) is -0.345. The molecule has 1 atom stereocenters. The first-order valence-electron chi connectivity index (χ1n) is 3.32. The average molecular weight is 241 g/mol. The third-order valence-electron chi connectivity index (χ3n) is 0.905. The van der Waals surface area contributed by atoms with Crippen molar-refractivity contribution >= 4 is 46.5 Å². The molecule has 76 valence electrons. The van der Waals surface area contributed by atoms with Crippen LogP contribution < -0.4 is 16.8 Å². The van der Waals surface area contributed by atoms with Crippen LogP contribution in [0.15, 0.2) is 0 Å². The SMILES string of the molecule is NC(=S)OC1NCCS1.NC(O)=S. The van der Waals surface area contributed by atoms with Gasteiger partial charge in [-0.15, -0.1) is 11.8 Å². The molecule has 8 heteroatoms. The van der Waals surface area contributed by atoms with Crippen LogP contribution in [0.4, 0.5) is 0 Å². The molecule has 1 fully saturated rings. The molecule has 1 saturated heterocycles. The van der Waals surface area contributed by atoms with Gasteiger partial charge in [0.1, 0.15) is 0 Å². The minimum atomic E-state index is -0.500. The van der Waals surface area contributed by atoms with Crippen molar-refractivity contribution in [3.8, 4) is 0 Å². The van der Waals surface area contributed by atoms with Crippen LogP contribution in [0.25, 0.3) is 0 Å². The van der Waals surface area contributed by atoms with Gasteiger partial charge in [0.05, 0.1) is 0 Å². The number of aliphatic hydroxyl groups is 1. The van der Waals surface area contributed by atoms with E-state index in [-0.39, 0.29) is 10.7 Å². The molecule has 5 nitrogen and oxygen atoms in total. The predicted molar refractivity (Wildman–Crippen MR) is 61.5 cm³/mol. The topological polar surface area (TPSA) is 93.5 Å². The molecule has 0 spiro atoms. The van der Waals surface area contributed by atoms with Gasteiger partial charge in [-0.1, -0.05) is 0 Å². The summed E-state index contributed by atoms with van der Waals surface area (Å²) in [6, 6.07) is 0. The third kappa shape index (κ3) is 9.61. The Morgan fingerprint density at radius 3 is 2.38 bits per heavy atom. The Kier molecular flexibility index (Phi) is 6.96. The lowest BCUT2D eigenvalue weighted by Gasteiger charge is -2.09. The standard InChI is InChI=1S/C4H8N2OS2.CH3NOS/c5-3(8)7-4-6-1-2-9-4;2-1(3)4/h4,6H,1-2H2,(H2,5,8);(H3,2,3,4). The summed E-state index contributed by atoms with van der Waals surface area (Å²) in [5.41, 5.74) is 9.51. The van der Waals surface area contributed by atoms with Crippen LogP contribution in [-0.4, -0.2) is 33.3 Å². The fraction of sp³-hybridized carbons (Fsp3) is 0.600. The molecule has 0 saturated carbocycles. The van der Waals surface area contributed by atoms with E-state index >= 15 is 0 Å². The molecule has 0 aromatic carbocycles. The summed E-state index contributed by atoms with van der Waals surface area (Å²) in [5, 5.41) is 10.2. The lowest BCUT2D eigenvalue weighted by Crippen LogP contribution is -2.28. The number of hydrogen-bond acceptors (Lipinski definition) is 5. The van der Waals surface area contributed by atoms with Gasteiger partial charge in [0.15, 0.2) is 0 Å². The van der Waals surface area contributed by atoms with Crippen molar-refractivity contribution in [3.05, 3.63) is 0 Å². The summed E-state index contributed by atoms with van der Waals surface area (Å²) in [7, 11) is 0. The van der Waals surface area contributed by atoms with Crippen molar-refractivity contribution in [2.75, 3.05) is 12.3 Å². The van der Waals surface area contributed by atoms with Crippen LogP contribution >= 0.6 is 36.2 Å². The Morgan fingerprint density at radius 2 is 2.08 bits per heavy atom. The van der Waals surface area contributed by atoms with Gasteiger partial charge in [0, 0.05) is 12.3 Å². The van der Waals surface area contributed by atoms with Crippen LogP contribution in [0, 0.1) is 0 Å². The zero-order valence-corrected chi connectivity index (χ0v) is 9.18. The monoisotopic (exact) mass is 241 g/mol. The molecule has 1 rings (SSSR count). The largest absolute Gasteiger partial charge is 0.487 e. The minimum Gasteiger partial charge on any atom is -0.487 e. The maximum Gasteiger partial charge on any atom is 0.256 e. The molecule has 0 aromatic rings. The molecule has 0 aromatic heterocycles. The molecule has 1 aliphatic heterocycles. The smallest absolute Gasteiger partial charge is 0.256 e. The number of thioether (sulfide) groups is 1. The Labute approximate surface area is 91.2 Å². The second kappa shape index (κ2) is 7.13. The van der Waals surface area contributed by atoms with Gasteiger partial charge in [-0.25, -0.2) is 0 Å². The maximum atomic E-state index is 7.56. The molecule has 13 heavy (non-hydrogen) atoms. The summed E-state index contributed by atoms with van der Waals surface area (Å²) in [6.07, 6.45) is 0. The average Bonchev–Trinajstić information content (AvgIpc) is 2.36. The quantitative estimate of drug-likeness (QED) is 0.463. The van der Waals surface area contributed by atoms with E-state index in [4.69, 9.17) is 15.6 Å². The van der Waals surface area contributed by atoms with E-state index < -0.39 is 5.17 Å². The highest BCUT2D eigenvalue weighted by Gasteiger charge is 2.15. The fourth-order valence-electron chi connectivity index (χ4n) is 0.583. The first-order valence-corrected chi connectivity index (χ1v) is 5.18. The van der Waals surface area contributed by atoms with Gasteiger partial charge in [-0.2, -0.15) is 0 Å². The van der Waals surface area contributed by atoms with Crippen LogP contribution in [-0.2, 0) is 4.74 Å². The molecular formula is C5H11N3O2S3. The van der Waals surface area contributed by atoms with Crippen molar-refractivity contribution < 1.29 is 9.84 Å². The van der Waals surface area contributed by atoms with E-state index in [0.29, 0.717) is 0 Å². The third-order valence-corrected chi connectivity index (χ3v) is 2.01. The summed E-state index contributed by atoms with van der Waals surface area (Å²) in [4.78, 5) is 0. The van der Waals surface area contributed by atoms with Crippen LogP contribution in [0.2, 0.25) is 0 Å². The Hall–Kier alpha value is -0.310. The zero-order valence-electron chi connectivity index (χ0n) is 6.73. The second-order valence-corrected chi connectivity index (χ2v) is 3.92. The normalized spacial score (nSPS) is 19.8. The van der Waals surface area contributed by atoms with Crippen molar-refractivity contribution in [2.24, 2.45) is 11.5 Å². The van der Waals surface area contributed by atoms with E-state index in [1.54, 1.807) is 11.8 Å².